The number of anilines is 1. The van der Waals surface area contributed by atoms with E-state index in [2.05, 4.69) is 61.3 Å². The van der Waals surface area contributed by atoms with Crippen molar-refractivity contribution in [3.8, 4) is 11.5 Å². The maximum Gasteiger partial charge on any atom is 0.293 e. The van der Waals surface area contributed by atoms with Gasteiger partial charge in [-0.15, -0.1) is 0 Å². The highest BCUT2D eigenvalue weighted by atomic mass is 32.2. The lowest BCUT2D eigenvalue weighted by molar-refractivity contribution is -0.384. The fraction of sp³-hybridized carbons (Fsp3) is 0.333. The number of nitro benzene ring substituents is 1. The minimum atomic E-state index is -4.53. The molecule has 5 aromatic rings. The first-order valence-electron chi connectivity index (χ1n) is 19.1. The van der Waals surface area contributed by atoms with Gasteiger partial charge >= 0.3 is 0 Å². The first kappa shape index (κ1) is 37.4. The SMILES string of the molecule is O=C(NS(=O)(=O)c1ccc(NCC2CCOCC2)c([N+](=O)[O-])c1)c1ccc(C2=CCC(N3CCCC3c3ccccc3)CC2)cc1Oc1cnc2[nH]ccc2c1. The number of nitro groups is 1. The van der Waals surface area contributed by atoms with Crippen molar-refractivity contribution in [2.24, 2.45) is 5.92 Å². The quantitative estimate of drug-likeness (QED) is 0.0834. The van der Waals surface area contributed by atoms with E-state index in [1.807, 2.05) is 6.07 Å². The number of H-pyrrole nitrogens is 1. The van der Waals surface area contributed by atoms with Gasteiger partial charge in [-0.2, -0.15) is 0 Å². The number of aromatic nitrogens is 2. The van der Waals surface area contributed by atoms with Gasteiger partial charge in [-0.05, 0) is 111 Å². The van der Waals surface area contributed by atoms with E-state index in [1.54, 1.807) is 30.5 Å². The number of carbonyl (C=O) groups is 1. The molecule has 3 aromatic carbocycles. The Morgan fingerprint density at radius 1 is 1.02 bits per heavy atom. The molecule has 13 nitrogen and oxygen atoms in total. The van der Waals surface area contributed by atoms with Crippen LogP contribution in [0.5, 0.6) is 11.5 Å². The Bertz CT molecular complexity index is 2380. The van der Waals surface area contributed by atoms with Gasteiger partial charge in [-0.25, -0.2) is 18.1 Å². The second-order valence-corrected chi connectivity index (χ2v) is 16.4. The molecule has 2 aromatic heterocycles. The highest BCUT2D eigenvalue weighted by Gasteiger charge is 2.33. The lowest BCUT2D eigenvalue weighted by Gasteiger charge is -2.35. The summed E-state index contributed by atoms with van der Waals surface area (Å²) in [7, 11) is -4.53. The van der Waals surface area contributed by atoms with Gasteiger partial charge in [0, 0.05) is 49.5 Å². The molecule has 1 aliphatic carbocycles. The van der Waals surface area contributed by atoms with E-state index in [0.29, 0.717) is 43.2 Å². The molecule has 2 atom stereocenters. The number of allylic oxidation sites excluding steroid dienone is 1. The number of carbonyl (C=O) groups excluding carboxylic acids is 1. The summed E-state index contributed by atoms with van der Waals surface area (Å²) in [6.45, 7) is 2.82. The number of ether oxygens (including phenoxy) is 2. The predicted octanol–water partition coefficient (Wildman–Crippen LogP) is 7.99. The van der Waals surface area contributed by atoms with Gasteiger partial charge in [0.2, 0.25) is 0 Å². The number of rotatable bonds is 12. The lowest BCUT2D eigenvalue weighted by atomic mass is 9.88. The molecule has 2 unspecified atom stereocenters. The van der Waals surface area contributed by atoms with Crippen LogP contribution in [0, 0.1) is 16.0 Å². The predicted molar refractivity (Wildman–Crippen MR) is 213 cm³/mol. The second kappa shape index (κ2) is 16.3. The molecule has 3 N–H and O–H groups in total. The number of aromatic amines is 1. The number of nitrogens with zero attached hydrogens (tertiary/aromatic N) is 3. The number of nitrogens with one attached hydrogen (secondary N) is 3. The molecule has 1 amide bonds. The number of likely N-dealkylation sites (tertiary alicyclic amines) is 1. The molecule has 14 heteroatoms. The van der Waals surface area contributed by atoms with Crippen molar-refractivity contribution in [1.82, 2.24) is 19.6 Å². The average molecular weight is 777 g/mol. The van der Waals surface area contributed by atoms with Gasteiger partial charge < -0.3 is 19.8 Å². The number of sulfonamides is 1. The van der Waals surface area contributed by atoms with E-state index in [9.17, 15) is 23.3 Å². The van der Waals surface area contributed by atoms with Gasteiger partial charge in [-0.3, -0.25) is 19.8 Å². The fourth-order valence-corrected chi connectivity index (χ4v) is 9.15. The molecule has 8 rings (SSSR count). The fourth-order valence-electron chi connectivity index (χ4n) is 8.16. The molecule has 0 saturated carbocycles. The molecular weight excluding hydrogens is 733 g/mol. The third-order valence-electron chi connectivity index (χ3n) is 11.2. The Labute approximate surface area is 325 Å². The van der Waals surface area contributed by atoms with Gasteiger partial charge in [0.15, 0.2) is 0 Å². The summed E-state index contributed by atoms with van der Waals surface area (Å²) in [6, 6.07) is 23.9. The molecule has 0 bridgehead atoms. The van der Waals surface area contributed by atoms with E-state index < -0.39 is 31.4 Å². The number of amides is 1. The third-order valence-corrected chi connectivity index (χ3v) is 12.5. The second-order valence-electron chi connectivity index (χ2n) is 14.7. The normalized spacial score (nSPS) is 19.4. The van der Waals surface area contributed by atoms with Crippen LogP contribution in [0.4, 0.5) is 11.4 Å². The summed E-state index contributed by atoms with van der Waals surface area (Å²) < 4.78 is 41.0. The van der Waals surface area contributed by atoms with Gasteiger partial charge in [0.25, 0.3) is 21.6 Å². The van der Waals surface area contributed by atoms with Crippen molar-refractivity contribution in [3.05, 3.63) is 124 Å². The summed E-state index contributed by atoms with van der Waals surface area (Å²) in [6.07, 6.45) is 12.2. The number of hydrogen-bond acceptors (Lipinski definition) is 10. The van der Waals surface area contributed by atoms with Gasteiger partial charge in [0.05, 0.1) is 21.6 Å². The van der Waals surface area contributed by atoms with E-state index in [1.165, 1.54) is 30.3 Å². The Morgan fingerprint density at radius 3 is 2.64 bits per heavy atom. The van der Waals surface area contributed by atoms with Crippen LogP contribution < -0.4 is 14.8 Å². The summed E-state index contributed by atoms with van der Waals surface area (Å²) in [5, 5.41) is 15.9. The van der Waals surface area contributed by atoms with E-state index in [4.69, 9.17) is 9.47 Å². The smallest absolute Gasteiger partial charge is 0.293 e. The molecule has 290 valence electrons. The lowest BCUT2D eigenvalue weighted by Crippen LogP contribution is -2.35. The maximum absolute atomic E-state index is 13.8. The van der Waals surface area contributed by atoms with Crippen molar-refractivity contribution in [2.45, 2.75) is 61.9 Å². The molecule has 56 heavy (non-hydrogen) atoms. The molecule has 3 aliphatic rings. The Hall–Kier alpha value is -5.57. The van der Waals surface area contributed by atoms with Crippen LogP contribution >= 0.6 is 0 Å². The molecule has 4 heterocycles. The number of fused-ring (bicyclic) bond motifs is 1. The summed E-state index contributed by atoms with van der Waals surface area (Å²) in [5.41, 5.74) is 3.80. The maximum atomic E-state index is 13.8. The monoisotopic (exact) mass is 776 g/mol. The first-order valence-corrected chi connectivity index (χ1v) is 20.6. The van der Waals surface area contributed by atoms with Crippen LogP contribution in [0.15, 0.2) is 102 Å². The number of pyridine rings is 1. The van der Waals surface area contributed by atoms with Crippen molar-refractivity contribution in [2.75, 3.05) is 31.6 Å². The largest absolute Gasteiger partial charge is 0.455 e. The molecule has 2 fully saturated rings. The third kappa shape index (κ3) is 8.18. The Balaban J connectivity index is 1.03. The number of hydrogen-bond donors (Lipinski definition) is 3. The molecule has 0 spiro atoms. The molecular formula is C42H44N6O7S. The summed E-state index contributed by atoms with van der Waals surface area (Å²) in [5.74, 6) is -0.143. The Kier molecular flexibility index (Phi) is 10.9. The van der Waals surface area contributed by atoms with Crippen LogP contribution in [0.3, 0.4) is 0 Å². The van der Waals surface area contributed by atoms with Crippen molar-refractivity contribution in [1.29, 1.82) is 0 Å². The standard InChI is InChI=1S/C42H44N6O7S/c49-42(46-56(52,53)35-13-15-37(39(25-35)48(50)51)44-26-28-17-21-54-22-18-28)36-14-10-31(24-40(36)55-34-23-32-16-19-43-41(32)45-27-34)29-8-11-33(12-9-29)47-20-4-7-38(47)30-5-2-1-3-6-30/h1-3,5-6,8,10,13-16,19,23-25,27-28,33,38,44H,4,7,9,11-12,17-18,20-22,26H2,(H,43,45)(H,46,49). The zero-order valence-electron chi connectivity index (χ0n) is 30.9. The van der Waals surface area contributed by atoms with Crippen LogP contribution in [-0.2, 0) is 14.8 Å². The van der Waals surface area contributed by atoms with E-state index >= 15 is 0 Å². The van der Waals surface area contributed by atoms with Crippen LogP contribution in [0.25, 0.3) is 16.6 Å². The zero-order valence-corrected chi connectivity index (χ0v) is 31.7. The summed E-state index contributed by atoms with van der Waals surface area (Å²) in [4.78, 5) is 34.9. The van der Waals surface area contributed by atoms with Gasteiger partial charge in [0.1, 0.15) is 22.8 Å². The van der Waals surface area contributed by atoms with E-state index in [0.717, 1.165) is 67.7 Å². The minimum Gasteiger partial charge on any atom is -0.455 e. The van der Waals surface area contributed by atoms with Crippen molar-refractivity contribution in [3.63, 3.8) is 0 Å². The van der Waals surface area contributed by atoms with Crippen molar-refractivity contribution >= 4 is 43.9 Å². The van der Waals surface area contributed by atoms with Crippen LogP contribution in [0.1, 0.15) is 72.5 Å². The zero-order chi connectivity index (χ0) is 38.6. The van der Waals surface area contributed by atoms with Crippen LogP contribution in [-0.4, -0.2) is 66.5 Å². The molecule has 0 radical (unpaired) electrons. The molecule has 2 saturated heterocycles. The highest BCUT2D eigenvalue weighted by molar-refractivity contribution is 7.90. The van der Waals surface area contributed by atoms with Crippen molar-refractivity contribution < 1.29 is 27.6 Å². The minimum absolute atomic E-state index is 0.0206. The highest BCUT2D eigenvalue weighted by Crippen LogP contribution is 2.40. The van der Waals surface area contributed by atoms with Gasteiger partial charge in [-0.1, -0.05) is 42.5 Å². The topological polar surface area (TPSA) is 169 Å². The first-order chi connectivity index (χ1) is 27.2. The number of benzene rings is 3. The van der Waals surface area contributed by atoms with Crippen LogP contribution in [0.2, 0.25) is 0 Å². The Morgan fingerprint density at radius 2 is 1.86 bits per heavy atom. The average Bonchev–Trinajstić information content (AvgIpc) is 3.91. The van der Waals surface area contributed by atoms with E-state index in [-0.39, 0.29) is 22.9 Å². The molecule has 2 aliphatic heterocycles. The summed E-state index contributed by atoms with van der Waals surface area (Å²) >= 11 is 0.